The standard InChI is InChI=1S/C22H26N2O5S/c1-15-8-10-18(30(27,28)24-11-5-4-6-12-24)14-19(15)21(25)23-20-13-17(22(26)29-3)9-7-16(20)2/h7-10,13-14H,4-6,11-12H2,1-3H3,(H,23,25). The normalized spacial score (nSPS) is 14.9. The van der Waals surface area contributed by atoms with Crippen molar-refractivity contribution in [1.29, 1.82) is 0 Å². The number of nitrogens with one attached hydrogen (secondary N) is 1. The maximum Gasteiger partial charge on any atom is 0.337 e. The molecular weight excluding hydrogens is 404 g/mol. The molecule has 1 aliphatic heterocycles. The van der Waals surface area contributed by atoms with Crippen molar-refractivity contribution in [1.82, 2.24) is 4.31 Å². The summed E-state index contributed by atoms with van der Waals surface area (Å²) in [5.41, 5.74) is 2.48. The third-order valence-corrected chi connectivity index (χ3v) is 7.21. The van der Waals surface area contributed by atoms with Crippen LogP contribution in [0.25, 0.3) is 0 Å². The highest BCUT2D eigenvalue weighted by Crippen LogP contribution is 2.24. The van der Waals surface area contributed by atoms with E-state index >= 15 is 0 Å². The Morgan fingerprint density at radius 1 is 0.967 bits per heavy atom. The SMILES string of the molecule is COC(=O)c1ccc(C)c(NC(=O)c2cc(S(=O)(=O)N3CCCCC3)ccc2C)c1. The summed E-state index contributed by atoms with van der Waals surface area (Å²) in [6.45, 7) is 4.55. The zero-order valence-electron chi connectivity index (χ0n) is 17.4. The van der Waals surface area contributed by atoms with Crippen molar-refractivity contribution in [2.75, 3.05) is 25.5 Å². The molecule has 0 atom stereocenters. The molecule has 0 radical (unpaired) electrons. The Morgan fingerprint density at radius 2 is 1.63 bits per heavy atom. The van der Waals surface area contributed by atoms with Gasteiger partial charge in [-0.25, -0.2) is 13.2 Å². The van der Waals surface area contributed by atoms with E-state index in [4.69, 9.17) is 4.74 Å². The fraction of sp³-hybridized carbons (Fsp3) is 0.364. The summed E-state index contributed by atoms with van der Waals surface area (Å²) in [7, 11) is -2.36. The van der Waals surface area contributed by atoms with Crippen LogP contribution < -0.4 is 5.32 Å². The second-order valence-electron chi connectivity index (χ2n) is 7.42. The summed E-state index contributed by atoms with van der Waals surface area (Å²) in [6, 6.07) is 9.49. The first-order chi connectivity index (χ1) is 14.2. The molecule has 0 bridgehead atoms. The van der Waals surface area contributed by atoms with Crippen LogP contribution in [0.3, 0.4) is 0 Å². The molecular formula is C22H26N2O5S. The second-order valence-corrected chi connectivity index (χ2v) is 9.35. The summed E-state index contributed by atoms with van der Waals surface area (Å²) >= 11 is 0. The van der Waals surface area contributed by atoms with Crippen LogP contribution >= 0.6 is 0 Å². The number of hydrogen-bond donors (Lipinski definition) is 1. The van der Waals surface area contributed by atoms with Crippen molar-refractivity contribution in [2.24, 2.45) is 0 Å². The Morgan fingerprint density at radius 3 is 2.30 bits per heavy atom. The smallest absolute Gasteiger partial charge is 0.337 e. The summed E-state index contributed by atoms with van der Waals surface area (Å²) in [5.74, 6) is -0.940. The number of anilines is 1. The molecule has 1 saturated heterocycles. The third-order valence-electron chi connectivity index (χ3n) is 5.31. The molecule has 1 N–H and O–H groups in total. The number of ether oxygens (including phenoxy) is 1. The van der Waals surface area contributed by atoms with Gasteiger partial charge >= 0.3 is 5.97 Å². The van der Waals surface area contributed by atoms with Gasteiger partial charge in [0.1, 0.15) is 0 Å². The summed E-state index contributed by atoms with van der Waals surface area (Å²) < 4.78 is 32.2. The summed E-state index contributed by atoms with van der Waals surface area (Å²) in [4.78, 5) is 24.9. The van der Waals surface area contributed by atoms with Gasteiger partial charge in [-0.15, -0.1) is 0 Å². The van der Waals surface area contributed by atoms with Gasteiger partial charge in [-0.2, -0.15) is 4.31 Å². The zero-order chi connectivity index (χ0) is 21.9. The van der Waals surface area contributed by atoms with Gasteiger partial charge in [0.05, 0.1) is 17.6 Å². The monoisotopic (exact) mass is 430 g/mol. The summed E-state index contributed by atoms with van der Waals surface area (Å²) in [5, 5.41) is 2.79. The molecule has 2 aromatic carbocycles. The number of hydrogen-bond acceptors (Lipinski definition) is 5. The van der Waals surface area contributed by atoms with Crippen LogP contribution in [0.2, 0.25) is 0 Å². The van der Waals surface area contributed by atoms with Gasteiger partial charge in [-0.05, 0) is 62.1 Å². The number of carbonyl (C=O) groups excluding carboxylic acids is 2. The average molecular weight is 431 g/mol. The topological polar surface area (TPSA) is 92.8 Å². The van der Waals surface area contributed by atoms with Crippen molar-refractivity contribution < 1.29 is 22.7 Å². The minimum absolute atomic E-state index is 0.111. The number of benzene rings is 2. The van der Waals surface area contributed by atoms with Crippen LogP contribution in [-0.4, -0.2) is 44.8 Å². The van der Waals surface area contributed by atoms with E-state index in [1.165, 1.54) is 17.5 Å². The molecule has 3 rings (SSSR count). The van der Waals surface area contributed by atoms with Gasteiger partial charge in [0.15, 0.2) is 0 Å². The minimum Gasteiger partial charge on any atom is -0.465 e. The van der Waals surface area contributed by atoms with Gasteiger partial charge in [-0.3, -0.25) is 4.79 Å². The number of nitrogens with zero attached hydrogens (tertiary/aromatic N) is 1. The number of methoxy groups -OCH3 is 1. The van der Waals surface area contributed by atoms with Gasteiger partial charge in [-0.1, -0.05) is 18.6 Å². The van der Waals surface area contributed by atoms with Crippen LogP contribution in [-0.2, 0) is 14.8 Å². The Hall–Kier alpha value is -2.71. The first kappa shape index (κ1) is 22.0. The number of carbonyl (C=O) groups is 2. The van der Waals surface area contributed by atoms with E-state index < -0.39 is 21.9 Å². The molecule has 30 heavy (non-hydrogen) atoms. The number of rotatable bonds is 5. The predicted molar refractivity (Wildman–Crippen MR) is 114 cm³/mol. The van der Waals surface area contributed by atoms with Crippen LogP contribution in [0.4, 0.5) is 5.69 Å². The highest BCUT2D eigenvalue weighted by atomic mass is 32.2. The lowest BCUT2D eigenvalue weighted by molar-refractivity contribution is 0.0600. The molecule has 1 aliphatic rings. The number of amides is 1. The highest BCUT2D eigenvalue weighted by Gasteiger charge is 2.27. The van der Waals surface area contributed by atoms with Crippen molar-refractivity contribution in [2.45, 2.75) is 38.0 Å². The minimum atomic E-state index is -3.65. The van der Waals surface area contributed by atoms with E-state index in [-0.39, 0.29) is 10.5 Å². The fourth-order valence-electron chi connectivity index (χ4n) is 3.45. The Bertz CT molecular complexity index is 1070. The number of esters is 1. The van der Waals surface area contributed by atoms with Crippen molar-refractivity contribution >= 4 is 27.6 Å². The van der Waals surface area contributed by atoms with Crippen LogP contribution in [0.15, 0.2) is 41.3 Å². The highest BCUT2D eigenvalue weighted by molar-refractivity contribution is 7.89. The zero-order valence-corrected chi connectivity index (χ0v) is 18.2. The quantitative estimate of drug-likeness (QED) is 0.733. The lowest BCUT2D eigenvalue weighted by atomic mass is 10.1. The van der Waals surface area contributed by atoms with Gasteiger partial charge in [0, 0.05) is 24.3 Å². The second kappa shape index (κ2) is 8.97. The molecule has 8 heteroatoms. The van der Waals surface area contributed by atoms with E-state index in [1.807, 2.05) is 0 Å². The van der Waals surface area contributed by atoms with Crippen LogP contribution in [0.5, 0.6) is 0 Å². The molecule has 0 unspecified atom stereocenters. The molecule has 7 nitrogen and oxygen atoms in total. The first-order valence-corrected chi connectivity index (χ1v) is 11.3. The van der Waals surface area contributed by atoms with Crippen LogP contribution in [0, 0.1) is 13.8 Å². The molecule has 1 heterocycles. The first-order valence-electron chi connectivity index (χ1n) is 9.85. The number of piperidine rings is 1. The van der Waals surface area contributed by atoms with E-state index in [0.29, 0.717) is 29.9 Å². The van der Waals surface area contributed by atoms with E-state index in [9.17, 15) is 18.0 Å². The van der Waals surface area contributed by atoms with Gasteiger partial charge in [0.25, 0.3) is 5.91 Å². The largest absolute Gasteiger partial charge is 0.465 e. The fourth-order valence-corrected chi connectivity index (χ4v) is 5.00. The molecule has 0 aromatic heterocycles. The Kier molecular flexibility index (Phi) is 6.58. The molecule has 0 spiro atoms. The average Bonchev–Trinajstić information content (AvgIpc) is 2.75. The Balaban J connectivity index is 1.90. The van der Waals surface area contributed by atoms with Gasteiger partial charge in [0.2, 0.25) is 10.0 Å². The van der Waals surface area contributed by atoms with Crippen molar-refractivity contribution in [3.8, 4) is 0 Å². The number of aryl methyl sites for hydroxylation is 2. The van der Waals surface area contributed by atoms with Crippen molar-refractivity contribution in [3.05, 3.63) is 58.7 Å². The van der Waals surface area contributed by atoms with Crippen molar-refractivity contribution in [3.63, 3.8) is 0 Å². The molecule has 0 saturated carbocycles. The van der Waals surface area contributed by atoms with E-state index in [0.717, 1.165) is 24.8 Å². The molecule has 0 aliphatic carbocycles. The van der Waals surface area contributed by atoms with E-state index in [1.54, 1.807) is 44.2 Å². The maximum absolute atomic E-state index is 13.0. The van der Waals surface area contributed by atoms with Gasteiger partial charge < -0.3 is 10.1 Å². The molecule has 1 amide bonds. The van der Waals surface area contributed by atoms with E-state index in [2.05, 4.69) is 5.32 Å². The Labute approximate surface area is 177 Å². The molecule has 1 fully saturated rings. The molecule has 160 valence electrons. The molecule has 2 aromatic rings. The predicted octanol–water partition coefficient (Wildman–Crippen LogP) is 3.52. The maximum atomic E-state index is 13.0. The van der Waals surface area contributed by atoms with Crippen LogP contribution in [0.1, 0.15) is 51.1 Å². The third kappa shape index (κ3) is 4.55. The number of sulfonamides is 1. The lowest BCUT2D eigenvalue weighted by Crippen LogP contribution is -2.35. The summed E-state index contributed by atoms with van der Waals surface area (Å²) in [6.07, 6.45) is 2.71. The lowest BCUT2D eigenvalue weighted by Gasteiger charge is -2.26.